The van der Waals surface area contributed by atoms with Gasteiger partial charge in [0.15, 0.2) is 11.5 Å². The zero-order chi connectivity index (χ0) is 17.7. The summed E-state index contributed by atoms with van der Waals surface area (Å²) in [5, 5.41) is 2.89. The third-order valence-corrected chi connectivity index (χ3v) is 3.60. The summed E-state index contributed by atoms with van der Waals surface area (Å²) >= 11 is 6.12. The van der Waals surface area contributed by atoms with Gasteiger partial charge in [0.1, 0.15) is 0 Å². The fourth-order valence-corrected chi connectivity index (χ4v) is 2.34. The number of nitrogens with one attached hydrogen (secondary N) is 1. The first kappa shape index (κ1) is 17.6. The number of amides is 1. The maximum absolute atomic E-state index is 12.5. The van der Waals surface area contributed by atoms with Crippen LogP contribution in [-0.2, 0) is 4.74 Å². The Morgan fingerprint density at radius 3 is 2.38 bits per heavy atom. The summed E-state index contributed by atoms with van der Waals surface area (Å²) in [6.07, 6.45) is 0. The Balaban J connectivity index is 2.29. The first-order chi connectivity index (χ1) is 11.5. The average molecular weight is 350 g/mol. The predicted molar refractivity (Wildman–Crippen MR) is 90.3 cm³/mol. The number of esters is 1. The molecule has 7 heteroatoms. The molecule has 2 aromatic carbocycles. The summed E-state index contributed by atoms with van der Waals surface area (Å²) in [5.74, 6) is -0.167. The van der Waals surface area contributed by atoms with Gasteiger partial charge < -0.3 is 19.5 Å². The minimum Gasteiger partial charge on any atom is -0.493 e. The van der Waals surface area contributed by atoms with Crippen molar-refractivity contribution < 1.29 is 23.8 Å². The number of carbonyl (C=O) groups excluding carboxylic acids is 2. The molecule has 0 radical (unpaired) electrons. The summed E-state index contributed by atoms with van der Waals surface area (Å²) in [5.41, 5.74) is 0.948. The van der Waals surface area contributed by atoms with Gasteiger partial charge >= 0.3 is 5.97 Å². The number of hydrogen-bond donors (Lipinski definition) is 1. The van der Waals surface area contributed by atoms with Crippen molar-refractivity contribution in [2.24, 2.45) is 0 Å². The summed E-state index contributed by atoms with van der Waals surface area (Å²) in [6, 6.07) is 9.43. The molecule has 0 saturated heterocycles. The molecular weight excluding hydrogens is 334 g/mol. The highest BCUT2D eigenvalue weighted by molar-refractivity contribution is 6.34. The van der Waals surface area contributed by atoms with Crippen molar-refractivity contribution in [1.82, 2.24) is 0 Å². The highest BCUT2D eigenvalue weighted by Gasteiger charge is 2.18. The van der Waals surface area contributed by atoms with E-state index in [2.05, 4.69) is 10.1 Å². The van der Waals surface area contributed by atoms with Crippen molar-refractivity contribution in [3.63, 3.8) is 0 Å². The lowest BCUT2D eigenvalue weighted by Crippen LogP contribution is -2.14. The van der Waals surface area contributed by atoms with Crippen molar-refractivity contribution in [2.75, 3.05) is 26.6 Å². The molecule has 126 valence electrons. The fourth-order valence-electron chi connectivity index (χ4n) is 2.12. The van der Waals surface area contributed by atoms with Gasteiger partial charge in [-0.2, -0.15) is 0 Å². The lowest BCUT2D eigenvalue weighted by molar-refractivity contribution is 0.0600. The van der Waals surface area contributed by atoms with Crippen LogP contribution in [-0.4, -0.2) is 33.2 Å². The Bertz CT molecular complexity index is 776. The zero-order valence-electron chi connectivity index (χ0n) is 13.4. The van der Waals surface area contributed by atoms with Crippen LogP contribution in [0.1, 0.15) is 20.7 Å². The van der Waals surface area contributed by atoms with E-state index in [1.807, 2.05) is 0 Å². The molecule has 2 rings (SSSR count). The third-order valence-electron chi connectivity index (χ3n) is 3.29. The van der Waals surface area contributed by atoms with Gasteiger partial charge in [0, 0.05) is 0 Å². The molecule has 0 aliphatic carbocycles. The number of benzene rings is 2. The fraction of sp³-hybridized carbons (Fsp3) is 0.176. The minimum absolute atomic E-state index is 0.216. The number of hydrogen-bond acceptors (Lipinski definition) is 5. The topological polar surface area (TPSA) is 73.9 Å². The van der Waals surface area contributed by atoms with Crippen molar-refractivity contribution >= 4 is 29.2 Å². The molecule has 0 bridgehead atoms. The molecular formula is C17H16ClNO5. The normalized spacial score (nSPS) is 10.0. The van der Waals surface area contributed by atoms with E-state index in [4.69, 9.17) is 21.1 Å². The number of methoxy groups -OCH3 is 3. The van der Waals surface area contributed by atoms with Gasteiger partial charge in [-0.15, -0.1) is 0 Å². The first-order valence-electron chi connectivity index (χ1n) is 6.92. The van der Waals surface area contributed by atoms with E-state index in [1.165, 1.54) is 39.5 Å². The van der Waals surface area contributed by atoms with E-state index >= 15 is 0 Å². The second-order valence-electron chi connectivity index (χ2n) is 4.68. The number of carbonyl (C=O) groups is 2. The van der Waals surface area contributed by atoms with E-state index in [1.54, 1.807) is 18.2 Å². The van der Waals surface area contributed by atoms with E-state index in [0.29, 0.717) is 28.3 Å². The number of para-hydroxylation sites is 1. The van der Waals surface area contributed by atoms with Gasteiger partial charge in [-0.25, -0.2) is 4.79 Å². The molecule has 0 unspecified atom stereocenters. The largest absolute Gasteiger partial charge is 0.493 e. The van der Waals surface area contributed by atoms with E-state index in [9.17, 15) is 9.59 Å². The molecule has 0 aliphatic heterocycles. The summed E-state index contributed by atoms with van der Waals surface area (Å²) in [4.78, 5) is 24.0. The Hall–Kier alpha value is -2.73. The molecule has 2 aromatic rings. The second kappa shape index (κ2) is 7.70. The van der Waals surface area contributed by atoms with Gasteiger partial charge in [0.25, 0.3) is 5.91 Å². The molecule has 0 aliphatic rings. The quantitative estimate of drug-likeness (QED) is 0.837. The Morgan fingerprint density at radius 1 is 1.04 bits per heavy atom. The van der Waals surface area contributed by atoms with Crippen molar-refractivity contribution in [3.8, 4) is 11.5 Å². The van der Waals surface area contributed by atoms with Gasteiger partial charge in [0.2, 0.25) is 0 Å². The van der Waals surface area contributed by atoms with Crippen LogP contribution in [0, 0.1) is 0 Å². The standard InChI is InChI=1S/C17H16ClNO5/c1-22-14-6-4-5-11(15(14)23-2)16(20)19-13-8-7-10(9-12(13)18)17(21)24-3/h4-9H,1-3H3,(H,19,20). The van der Waals surface area contributed by atoms with Crippen molar-refractivity contribution in [2.45, 2.75) is 0 Å². The Labute approximate surface area is 144 Å². The van der Waals surface area contributed by atoms with Crippen LogP contribution >= 0.6 is 11.6 Å². The van der Waals surface area contributed by atoms with Crippen LogP contribution < -0.4 is 14.8 Å². The molecule has 0 spiro atoms. The molecule has 0 aromatic heterocycles. The Kier molecular flexibility index (Phi) is 5.65. The maximum atomic E-state index is 12.5. The SMILES string of the molecule is COC(=O)c1ccc(NC(=O)c2cccc(OC)c2OC)c(Cl)c1. The number of halogens is 1. The van der Waals surface area contributed by atoms with Gasteiger partial charge in [0.05, 0.1) is 43.2 Å². The van der Waals surface area contributed by atoms with Crippen LogP contribution in [0.25, 0.3) is 0 Å². The monoisotopic (exact) mass is 349 g/mol. The van der Waals surface area contributed by atoms with Crippen LogP contribution in [0.15, 0.2) is 36.4 Å². The van der Waals surface area contributed by atoms with Gasteiger partial charge in [-0.3, -0.25) is 4.79 Å². The van der Waals surface area contributed by atoms with E-state index in [0.717, 1.165) is 0 Å². The maximum Gasteiger partial charge on any atom is 0.337 e. The minimum atomic E-state index is -0.510. The van der Waals surface area contributed by atoms with Gasteiger partial charge in [-0.1, -0.05) is 17.7 Å². The molecule has 1 amide bonds. The predicted octanol–water partition coefficient (Wildman–Crippen LogP) is 3.40. The van der Waals surface area contributed by atoms with Crippen molar-refractivity contribution in [3.05, 3.63) is 52.5 Å². The lowest BCUT2D eigenvalue weighted by Gasteiger charge is -2.13. The van der Waals surface area contributed by atoms with Crippen LogP contribution in [0.4, 0.5) is 5.69 Å². The zero-order valence-corrected chi connectivity index (χ0v) is 14.1. The average Bonchev–Trinajstić information content (AvgIpc) is 2.61. The summed E-state index contributed by atoms with van der Waals surface area (Å²) < 4.78 is 15.0. The number of rotatable bonds is 5. The van der Waals surface area contributed by atoms with E-state index < -0.39 is 11.9 Å². The van der Waals surface area contributed by atoms with E-state index in [-0.39, 0.29) is 5.02 Å². The molecule has 0 fully saturated rings. The molecule has 0 atom stereocenters. The number of ether oxygens (including phenoxy) is 3. The van der Waals surface area contributed by atoms with Crippen LogP contribution in [0.5, 0.6) is 11.5 Å². The second-order valence-corrected chi connectivity index (χ2v) is 5.09. The number of anilines is 1. The molecule has 24 heavy (non-hydrogen) atoms. The molecule has 1 N–H and O–H groups in total. The lowest BCUT2D eigenvalue weighted by atomic mass is 10.1. The van der Waals surface area contributed by atoms with Crippen LogP contribution in [0.2, 0.25) is 5.02 Å². The van der Waals surface area contributed by atoms with Crippen LogP contribution in [0.3, 0.4) is 0 Å². The summed E-state index contributed by atoms with van der Waals surface area (Å²) in [7, 11) is 4.22. The Morgan fingerprint density at radius 2 is 1.79 bits per heavy atom. The van der Waals surface area contributed by atoms with Crippen molar-refractivity contribution in [1.29, 1.82) is 0 Å². The summed E-state index contributed by atoms with van der Waals surface area (Å²) in [6.45, 7) is 0. The molecule has 0 saturated carbocycles. The molecule has 0 heterocycles. The highest BCUT2D eigenvalue weighted by atomic mass is 35.5. The third kappa shape index (κ3) is 3.60. The highest BCUT2D eigenvalue weighted by Crippen LogP contribution is 2.32. The smallest absolute Gasteiger partial charge is 0.337 e. The first-order valence-corrected chi connectivity index (χ1v) is 7.29. The molecule has 6 nitrogen and oxygen atoms in total. The van der Waals surface area contributed by atoms with Gasteiger partial charge in [-0.05, 0) is 30.3 Å².